The Bertz CT molecular complexity index is 598. The van der Waals surface area contributed by atoms with Crippen LogP contribution in [0, 0.1) is 26.1 Å². The van der Waals surface area contributed by atoms with Gasteiger partial charge in [0.05, 0.1) is 9.85 Å². The van der Waals surface area contributed by atoms with Crippen molar-refractivity contribution in [3.05, 3.63) is 92.4 Å². The van der Waals surface area contributed by atoms with E-state index in [-0.39, 0.29) is 11.4 Å². The van der Waals surface area contributed by atoms with Gasteiger partial charge in [0.25, 0.3) is 11.4 Å². The molecule has 0 aliphatic carbocycles. The van der Waals surface area contributed by atoms with Gasteiger partial charge in [0, 0.05) is 23.1 Å². The number of hydrogen-bond donors (Lipinski definition) is 0. The molecule has 6 nitrogen and oxygen atoms in total. The standard InChI is InChI=1S/C16H20N2O4.3C2H6/c1-6-9-11-16(18(21)22)13(5)12(4)14(10-7-2)15(8-3)17(19)20;3*1-2/h6-12H,1-2H2,3-5H3;3*1-2H3/b11-9-,14-10-,15-8+,16-13-;;;. The van der Waals surface area contributed by atoms with Crippen molar-refractivity contribution in [1.29, 1.82) is 0 Å². The second-order valence-corrected chi connectivity index (χ2v) is 4.43. The highest BCUT2D eigenvalue weighted by atomic mass is 16.6. The van der Waals surface area contributed by atoms with Gasteiger partial charge in [-0.15, -0.1) is 0 Å². The van der Waals surface area contributed by atoms with E-state index in [1.165, 1.54) is 36.5 Å². The molecule has 160 valence electrons. The Balaban J connectivity index is -0.000000434. The molecule has 0 aromatic rings. The fourth-order valence-electron chi connectivity index (χ4n) is 1.91. The van der Waals surface area contributed by atoms with E-state index in [4.69, 9.17) is 0 Å². The zero-order chi connectivity index (χ0) is 23.3. The molecular weight excluding hydrogens is 356 g/mol. The monoisotopic (exact) mass is 394 g/mol. The molecule has 0 amide bonds. The van der Waals surface area contributed by atoms with Crippen LogP contribution < -0.4 is 0 Å². The van der Waals surface area contributed by atoms with Crippen LogP contribution in [0.5, 0.6) is 0 Å². The third-order valence-electron chi connectivity index (χ3n) is 3.17. The van der Waals surface area contributed by atoms with E-state index < -0.39 is 15.8 Å². The summed E-state index contributed by atoms with van der Waals surface area (Å²) in [4.78, 5) is 21.3. The quantitative estimate of drug-likeness (QED) is 0.246. The molecule has 0 fully saturated rings. The summed E-state index contributed by atoms with van der Waals surface area (Å²) in [6.07, 6.45) is 8.50. The molecule has 0 saturated heterocycles. The molecule has 0 saturated carbocycles. The molecule has 0 aromatic heterocycles. The van der Waals surface area contributed by atoms with E-state index in [1.54, 1.807) is 20.8 Å². The molecule has 0 radical (unpaired) electrons. The van der Waals surface area contributed by atoms with Gasteiger partial charge in [-0.05, 0) is 19.9 Å². The van der Waals surface area contributed by atoms with Crippen LogP contribution in [0.2, 0.25) is 0 Å². The second-order valence-electron chi connectivity index (χ2n) is 4.43. The van der Waals surface area contributed by atoms with E-state index in [2.05, 4.69) is 13.2 Å². The minimum atomic E-state index is -0.515. The molecule has 0 bridgehead atoms. The Labute approximate surface area is 171 Å². The zero-order valence-electron chi connectivity index (χ0n) is 19.0. The fraction of sp³-hybridized carbons (Fsp3) is 0.455. The molecule has 28 heavy (non-hydrogen) atoms. The van der Waals surface area contributed by atoms with Gasteiger partial charge < -0.3 is 0 Å². The van der Waals surface area contributed by atoms with Gasteiger partial charge in [-0.3, -0.25) is 20.2 Å². The summed E-state index contributed by atoms with van der Waals surface area (Å²) in [5, 5.41) is 22.3. The van der Waals surface area contributed by atoms with Gasteiger partial charge >= 0.3 is 0 Å². The van der Waals surface area contributed by atoms with Crippen LogP contribution >= 0.6 is 0 Å². The molecule has 0 heterocycles. The summed E-state index contributed by atoms with van der Waals surface area (Å²) in [6.45, 7) is 23.8. The Morgan fingerprint density at radius 1 is 0.929 bits per heavy atom. The molecule has 0 aromatic carbocycles. The van der Waals surface area contributed by atoms with Crippen molar-refractivity contribution in [2.24, 2.45) is 5.92 Å². The van der Waals surface area contributed by atoms with Crippen molar-refractivity contribution in [1.82, 2.24) is 0 Å². The lowest BCUT2D eigenvalue weighted by atomic mass is 9.89. The maximum absolute atomic E-state index is 11.2. The van der Waals surface area contributed by atoms with Crippen LogP contribution in [0.4, 0.5) is 0 Å². The average molecular weight is 395 g/mol. The van der Waals surface area contributed by atoms with Gasteiger partial charge in [0.2, 0.25) is 0 Å². The molecule has 0 aliphatic heterocycles. The predicted octanol–water partition coefficient (Wildman–Crippen LogP) is 7.29. The summed E-state index contributed by atoms with van der Waals surface area (Å²) in [5.74, 6) is -0.510. The summed E-state index contributed by atoms with van der Waals surface area (Å²) in [5.41, 5.74) is 0.576. The van der Waals surface area contributed by atoms with Gasteiger partial charge in [-0.2, -0.15) is 0 Å². The van der Waals surface area contributed by atoms with Crippen molar-refractivity contribution in [3.63, 3.8) is 0 Å². The molecule has 6 heteroatoms. The summed E-state index contributed by atoms with van der Waals surface area (Å²) in [7, 11) is 0. The minimum Gasteiger partial charge on any atom is -0.258 e. The smallest absolute Gasteiger partial charge is 0.258 e. The number of hydrogen-bond acceptors (Lipinski definition) is 4. The highest BCUT2D eigenvalue weighted by Crippen LogP contribution is 2.29. The predicted molar refractivity (Wildman–Crippen MR) is 121 cm³/mol. The van der Waals surface area contributed by atoms with Crippen molar-refractivity contribution in [2.45, 2.75) is 62.3 Å². The Kier molecular flexibility index (Phi) is 26.2. The average Bonchev–Trinajstić information content (AvgIpc) is 2.71. The highest BCUT2D eigenvalue weighted by Gasteiger charge is 2.26. The lowest BCUT2D eigenvalue weighted by molar-refractivity contribution is -0.422. The highest BCUT2D eigenvalue weighted by molar-refractivity contribution is 5.37. The third kappa shape index (κ3) is 12.6. The van der Waals surface area contributed by atoms with E-state index in [9.17, 15) is 20.2 Å². The van der Waals surface area contributed by atoms with Gasteiger partial charge in [0.15, 0.2) is 0 Å². The molecule has 0 aliphatic rings. The SMILES string of the molecule is C=C/C=C\C(=C(/C)C(C)C(=C/C=C)/C(=C\C)[N+](=O)[O-])[N+](=O)[O-].CC.CC.CC. The molecule has 1 atom stereocenters. The van der Waals surface area contributed by atoms with Crippen molar-refractivity contribution >= 4 is 0 Å². The number of rotatable bonds is 8. The van der Waals surface area contributed by atoms with E-state index in [1.807, 2.05) is 41.5 Å². The fourth-order valence-corrected chi connectivity index (χ4v) is 1.91. The second kappa shape index (κ2) is 22.3. The third-order valence-corrected chi connectivity index (χ3v) is 3.17. The van der Waals surface area contributed by atoms with Crippen LogP contribution in [0.3, 0.4) is 0 Å². The van der Waals surface area contributed by atoms with Gasteiger partial charge in [-0.25, -0.2) is 0 Å². The topological polar surface area (TPSA) is 86.3 Å². The molecular formula is C22H38N2O4. The molecule has 0 spiro atoms. The maximum Gasteiger partial charge on any atom is 0.268 e. The van der Waals surface area contributed by atoms with Gasteiger partial charge in [-0.1, -0.05) is 85.9 Å². The first-order valence-corrected chi connectivity index (χ1v) is 9.59. The lowest BCUT2D eigenvalue weighted by Crippen LogP contribution is -2.13. The first-order chi connectivity index (χ1) is 13.3. The Hall–Kier alpha value is -2.76. The van der Waals surface area contributed by atoms with Crippen LogP contribution in [-0.2, 0) is 0 Å². The van der Waals surface area contributed by atoms with Crippen LogP contribution in [0.1, 0.15) is 62.3 Å². The van der Waals surface area contributed by atoms with Gasteiger partial charge in [0.1, 0.15) is 0 Å². The first-order valence-electron chi connectivity index (χ1n) is 9.59. The Morgan fingerprint density at radius 2 is 1.39 bits per heavy atom. The molecule has 0 rings (SSSR count). The first kappa shape index (κ1) is 32.9. The normalized spacial score (nSPS) is 12.6. The summed E-state index contributed by atoms with van der Waals surface area (Å²) >= 11 is 0. The number of allylic oxidation sites excluding steroid dienone is 8. The summed E-state index contributed by atoms with van der Waals surface area (Å²) in [6, 6.07) is 0. The number of nitrogens with zero attached hydrogens (tertiary/aromatic N) is 2. The lowest BCUT2D eigenvalue weighted by Gasteiger charge is -2.14. The molecule has 1 unspecified atom stereocenters. The summed E-state index contributed by atoms with van der Waals surface area (Å²) < 4.78 is 0. The van der Waals surface area contributed by atoms with Crippen molar-refractivity contribution in [2.75, 3.05) is 0 Å². The van der Waals surface area contributed by atoms with E-state index in [0.717, 1.165) is 0 Å². The Morgan fingerprint density at radius 3 is 1.68 bits per heavy atom. The van der Waals surface area contributed by atoms with E-state index in [0.29, 0.717) is 11.1 Å². The zero-order valence-corrected chi connectivity index (χ0v) is 19.0. The largest absolute Gasteiger partial charge is 0.268 e. The van der Waals surface area contributed by atoms with Crippen LogP contribution in [-0.4, -0.2) is 9.85 Å². The maximum atomic E-state index is 11.2. The van der Waals surface area contributed by atoms with Crippen LogP contribution in [0.25, 0.3) is 0 Å². The van der Waals surface area contributed by atoms with Crippen molar-refractivity contribution in [3.8, 4) is 0 Å². The van der Waals surface area contributed by atoms with Crippen molar-refractivity contribution < 1.29 is 9.85 Å². The minimum absolute atomic E-state index is 0.0952. The molecule has 0 N–H and O–H groups in total. The number of nitro groups is 2. The van der Waals surface area contributed by atoms with Crippen LogP contribution in [0.15, 0.2) is 72.2 Å². The van der Waals surface area contributed by atoms with E-state index >= 15 is 0 Å².